The van der Waals surface area contributed by atoms with Crippen LogP contribution in [0.3, 0.4) is 0 Å². The van der Waals surface area contributed by atoms with E-state index in [1.54, 1.807) is 0 Å². The Kier molecular flexibility index (Phi) is 4.74. The number of halogens is 2. The summed E-state index contributed by atoms with van der Waals surface area (Å²) in [4.78, 5) is 26.9. The number of nitrogen functional groups attached to an aromatic ring is 1. The number of rotatable bonds is 4. The van der Waals surface area contributed by atoms with Crippen molar-refractivity contribution in [2.45, 2.75) is 0 Å². The molecule has 3 N–H and O–H groups in total. The van der Waals surface area contributed by atoms with Gasteiger partial charge in [-0.05, 0) is 24.3 Å². The molecule has 0 bridgehead atoms. The largest absolute Gasteiger partial charge is 0.396 e. The van der Waals surface area contributed by atoms with Gasteiger partial charge in [0.05, 0.1) is 20.7 Å². The van der Waals surface area contributed by atoms with E-state index in [-0.39, 0.29) is 32.7 Å². The lowest BCUT2D eigenvalue weighted by Crippen LogP contribution is -2.13. The fourth-order valence-electron chi connectivity index (χ4n) is 2.20. The molecule has 132 valence electrons. The van der Waals surface area contributed by atoms with Gasteiger partial charge in [-0.3, -0.25) is 14.9 Å². The quantitative estimate of drug-likeness (QED) is 0.397. The Morgan fingerprint density at radius 1 is 1.23 bits per heavy atom. The summed E-state index contributed by atoms with van der Waals surface area (Å²) in [6.45, 7) is 0. The molecule has 0 radical (unpaired) electrons. The van der Waals surface area contributed by atoms with Crippen LogP contribution in [-0.4, -0.2) is 25.6 Å². The molecule has 0 saturated heterocycles. The molecule has 3 rings (SSSR count). The number of nitrogens with one attached hydrogen (secondary N) is 1. The minimum absolute atomic E-state index is 0.0737. The minimum Gasteiger partial charge on any atom is -0.396 e. The molecule has 2 aromatic carbocycles. The van der Waals surface area contributed by atoms with E-state index in [0.717, 1.165) is 6.07 Å². The van der Waals surface area contributed by atoms with E-state index < -0.39 is 10.8 Å². The van der Waals surface area contributed by atoms with Gasteiger partial charge in [-0.15, -0.1) is 0 Å². The van der Waals surface area contributed by atoms with Crippen LogP contribution in [0.4, 0.5) is 17.1 Å². The lowest BCUT2D eigenvalue weighted by atomic mass is 10.1. The molecule has 9 nitrogen and oxygen atoms in total. The number of carbonyl (C=O) groups excluding carboxylic acids is 1. The molecular weight excluding hydrogens is 383 g/mol. The monoisotopic (exact) mass is 392 g/mol. The average Bonchev–Trinajstić information content (AvgIpc) is 3.13. The van der Waals surface area contributed by atoms with Crippen LogP contribution < -0.4 is 11.1 Å². The number of nitrogens with zero attached hydrogens (tertiary/aromatic N) is 4. The Morgan fingerprint density at radius 3 is 2.50 bits per heavy atom. The first kappa shape index (κ1) is 17.6. The molecule has 1 aromatic heterocycles. The summed E-state index contributed by atoms with van der Waals surface area (Å²) >= 11 is 11.9. The Bertz CT molecular complexity index is 984. The van der Waals surface area contributed by atoms with E-state index in [9.17, 15) is 14.9 Å². The molecule has 11 heteroatoms. The summed E-state index contributed by atoms with van der Waals surface area (Å²) in [5.74, 6) is -0.574. The van der Waals surface area contributed by atoms with Gasteiger partial charge in [0.1, 0.15) is 18.3 Å². The molecule has 0 spiro atoms. The van der Waals surface area contributed by atoms with E-state index in [0.29, 0.717) is 5.69 Å². The highest BCUT2D eigenvalue weighted by Gasteiger charge is 2.20. The van der Waals surface area contributed by atoms with Crippen molar-refractivity contribution in [2.75, 3.05) is 11.1 Å². The zero-order valence-corrected chi connectivity index (χ0v) is 14.4. The molecule has 0 atom stereocenters. The van der Waals surface area contributed by atoms with E-state index >= 15 is 0 Å². The van der Waals surface area contributed by atoms with Gasteiger partial charge in [-0.1, -0.05) is 23.2 Å². The van der Waals surface area contributed by atoms with Crippen LogP contribution >= 0.6 is 23.2 Å². The third-order valence-electron chi connectivity index (χ3n) is 3.44. The number of amides is 1. The molecule has 0 fully saturated rings. The van der Waals surface area contributed by atoms with E-state index in [1.165, 1.54) is 41.6 Å². The van der Waals surface area contributed by atoms with Gasteiger partial charge >= 0.3 is 0 Å². The molecule has 0 aliphatic heterocycles. The van der Waals surface area contributed by atoms with Gasteiger partial charge in [0.2, 0.25) is 0 Å². The predicted octanol–water partition coefficient (Wildman–Crippen LogP) is 3.32. The summed E-state index contributed by atoms with van der Waals surface area (Å²) in [7, 11) is 0. The number of nitro benzene ring substituents is 1. The zero-order chi connectivity index (χ0) is 18.8. The van der Waals surface area contributed by atoms with Crippen LogP contribution in [0.25, 0.3) is 5.69 Å². The molecule has 0 aliphatic carbocycles. The Hall–Kier alpha value is -3.17. The lowest BCUT2D eigenvalue weighted by Gasteiger charge is -2.09. The summed E-state index contributed by atoms with van der Waals surface area (Å²) < 4.78 is 1.24. The van der Waals surface area contributed by atoms with Crippen LogP contribution in [0.15, 0.2) is 43.0 Å². The molecule has 1 amide bonds. The van der Waals surface area contributed by atoms with Gasteiger partial charge in [-0.2, -0.15) is 5.10 Å². The maximum absolute atomic E-state index is 12.4. The molecule has 0 unspecified atom stereocenters. The molecule has 0 aliphatic rings. The number of hydrogen-bond donors (Lipinski definition) is 2. The molecule has 26 heavy (non-hydrogen) atoms. The number of benzene rings is 2. The van der Waals surface area contributed by atoms with E-state index in [2.05, 4.69) is 15.4 Å². The highest BCUT2D eigenvalue weighted by atomic mass is 35.5. The number of anilines is 2. The maximum atomic E-state index is 12.4. The van der Waals surface area contributed by atoms with Crippen molar-refractivity contribution >= 4 is 46.2 Å². The fraction of sp³-hybridized carbons (Fsp3) is 0. The zero-order valence-electron chi connectivity index (χ0n) is 12.9. The summed E-state index contributed by atoms with van der Waals surface area (Å²) in [6.07, 6.45) is 2.57. The third kappa shape index (κ3) is 3.44. The lowest BCUT2D eigenvalue weighted by molar-refractivity contribution is -0.384. The van der Waals surface area contributed by atoms with Crippen LogP contribution in [0.5, 0.6) is 0 Å². The third-order valence-corrected chi connectivity index (χ3v) is 4.06. The van der Waals surface area contributed by atoms with Crippen molar-refractivity contribution in [3.63, 3.8) is 0 Å². The van der Waals surface area contributed by atoms with Crippen LogP contribution in [0.2, 0.25) is 10.0 Å². The Balaban J connectivity index is 1.93. The first-order chi connectivity index (χ1) is 12.4. The molecule has 1 heterocycles. The number of aromatic nitrogens is 3. The SMILES string of the molecule is Nc1c(Cl)cc(NC(=O)c2ccc(-n3cncn3)c([N+](=O)[O-])c2)cc1Cl. The Labute approximate surface area is 156 Å². The van der Waals surface area contributed by atoms with Crippen molar-refractivity contribution in [1.29, 1.82) is 0 Å². The highest BCUT2D eigenvalue weighted by Crippen LogP contribution is 2.31. The maximum Gasteiger partial charge on any atom is 0.295 e. The second-order valence-corrected chi connectivity index (χ2v) is 5.92. The number of nitrogens with two attached hydrogens (primary N) is 1. The topological polar surface area (TPSA) is 129 Å². The fourth-order valence-corrected chi connectivity index (χ4v) is 2.68. The van der Waals surface area contributed by atoms with Gasteiger partial charge < -0.3 is 11.1 Å². The first-order valence-corrected chi connectivity index (χ1v) is 7.81. The van der Waals surface area contributed by atoms with Gasteiger partial charge in [0.15, 0.2) is 0 Å². The van der Waals surface area contributed by atoms with Crippen molar-refractivity contribution < 1.29 is 9.72 Å². The highest BCUT2D eigenvalue weighted by molar-refractivity contribution is 6.39. The summed E-state index contributed by atoms with van der Waals surface area (Å²) in [5, 5.41) is 18.1. The second kappa shape index (κ2) is 6.98. The first-order valence-electron chi connectivity index (χ1n) is 7.06. The Morgan fingerprint density at radius 2 is 1.92 bits per heavy atom. The van der Waals surface area contributed by atoms with Crippen molar-refractivity contribution in [2.24, 2.45) is 0 Å². The minimum atomic E-state index is -0.606. The van der Waals surface area contributed by atoms with Gasteiger partial charge in [0, 0.05) is 17.3 Å². The molecule has 3 aromatic rings. The normalized spacial score (nSPS) is 10.5. The van der Waals surface area contributed by atoms with E-state index in [4.69, 9.17) is 28.9 Å². The number of hydrogen-bond acceptors (Lipinski definition) is 6. The van der Waals surface area contributed by atoms with Crippen LogP contribution in [0, 0.1) is 10.1 Å². The summed E-state index contributed by atoms with van der Waals surface area (Å²) in [6, 6.07) is 6.84. The standard InChI is InChI=1S/C15H10Cl2N6O3/c16-10-4-9(5-11(17)14(10)18)21-15(24)8-1-2-12(13(3-8)23(25)26)22-7-19-6-20-22/h1-7H,18H2,(H,21,24). The van der Waals surface area contributed by atoms with Crippen molar-refractivity contribution in [3.05, 3.63) is 68.7 Å². The molecular formula is C15H10Cl2N6O3. The van der Waals surface area contributed by atoms with Gasteiger partial charge in [-0.25, -0.2) is 9.67 Å². The predicted molar refractivity (Wildman–Crippen MR) is 96.8 cm³/mol. The number of nitro groups is 1. The van der Waals surface area contributed by atoms with E-state index in [1.807, 2.05) is 0 Å². The smallest absolute Gasteiger partial charge is 0.295 e. The van der Waals surface area contributed by atoms with Crippen molar-refractivity contribution in [1.82, 2.24) is 14.8 Å². The van der Waals surface area contributed by atoms with Crippen LogP contribution in [0.1, 0.15) is 10.4 Å². The summed E-state index contributed by atoms with van der Waals surface area (Å²) in [5.41, 5.74) is 6.11. The van der Waals surface area contributed by atoms with Crippen molar-refractivity contribution in [3.8, 4) is 5.69 Å². The number of carbonyl (C=O) groups is 1. The average molecular weight is 393 g/mol. The second-order valence-electron chi connectivity index (χ2n) is 5.11. The van der Waals surface area contributed by atoms with Gasteiger partial charge in [0.25, 0.3) is 11.6 Å². The van der Waals surface area contributed by atoms with Crippen LogP contribution in [-0.2, 0) is 0 Å². The molecule has 0 saturated carbocycles.